The van der Waals surface area contributed by atoms with E-state index in [1.807, 2.05) is 17.0 Å². The number of urea groups is 1. The number of carbonyl (C=O) groups is 1. The zero-order valence-electron chi connectivity index (χ0n) is 11.9. The molecular formula is C15H20BrClN2O2. The first-order valence-corrected chi connectivity index (χ1v) is 8.44. The minimum Gasteiger partial charge on any atom is -0.492 e. The van der Waals surface area contributed by atoms with Gasteiger partial charge in [-0.15, -0.1) is 0 Å². The third-order valence-electron chi connectivity index (χ3n) is 3.39. The van der Waals surface area contributed by atoms with Crippen LogP contribution in [0.15, 0.2) is 22.7 Å². The quantitative estimate of drug-likeness (QED) is 0.788. The Morgan fingerprint density at radius 3 is 2.81 bits per heavy atom. The van der Waals surface area contributed by atoms with E-state index >= 15 is 0 Å². The Morgan fingerprint density at radius 2 is 2.10 bits per heavy atom. The molecule has 1 saturated heterocycles. The summed E-state index contributed by atoms with van der Waals surface area (Å²) in [6.45, 7) is 2.89. The van der Waals surface area contributed by atoms with Gasteiger partial charge in [0.05, 0.1) is 11.6 Å². The molecule has 1 aromatic rings. The number of likely N-dealkylation sites (tertiary alicyclic amines) is 1. The van der Waals surface area contributed by atoms with E-state index in [-0.39, 0.29) is 6.03 Å². The average Bonchev–Trinajstić information content (AvgIpc) is 2.49. The van der Waals surface area contributed by atoms with E-state index in [4.69, 9.17) is 16.3 Å². The molecule has 1 aliphatic heterocycles. The van der Waals surface area contributed by atoms with Crippen LogP contribution >= 0.6 is 27.5 Å². The SMILES string of the molecule is O=C(NCCCOc1ccc(Br)cc1Cl)N1CCCCC1. The smallest absolute Gasteiger partial charge is 0.317 e. The number of carbonyl (C=O) groups excluding carboxylic acids is 1. The summed E-state index contributed by atoms with van der Waals surface area (Å²) in [4.78, 5) is 13.8. The van der Waals surface area contributed by atoms with Crippen molar-refractivity contribution in [2.24, 2.45) is 0 Å². The van der Waals surface area contributed by atoms with Gasteiger partial charge in [0.2, 0.25) is 0 Å². The summed E-state index contributed by atoms with van der Waals surface area (Å²) in [6.07, 6.45) is 4.20. The summed E-state index contributed by atoms with van der Waals surface area (Å²) in [5.74, 6) is 0.669. The molecule has 2 rings (SSSR count). The van der Waals surface area contributed by atoms with Crippen LogP contribution in [0.5, 0.6) is 5.75 Å². The first-order chi connectivity index (χ1) is 10.2. The van der Waals surface area contributed by atoms with Gasteiger partial charge in [0.15, 0.2) is 0 Å². The maximum absolute atomic E-state index is 11.9. The third kappa shape index (κ3) is 5.40. The Bertz CT molecular complexity index is 479. The van der Waals surface area contributed by atoms with Crippen molar-refractivity contribution in [1.82, 2.24) is 10.2 Å². The second-order valence-electron chi connectivity index (χ2n) is 5.06. The van der Waals surface area contributed by atoms with Gasteiger partial charge in [-0.05, 0) is 43.9 Å². The number of halogens is 2. The zero-order valence-corrected chi connectivity index (χ0v) is 14.3. The van der Waals surface area contributed by atoms with E-state index in [0.29, 0.717) is 23.9 Å². The molecule has 0 saturated carbocycles. The van der Waals surface area contributed by atoms with Crippen LogP contribution in [0.1, 0.15) is 25.7 Å². The van der Waals surface area contributed by atoms with Crippen LogP contribution in [-0.2, 0) is 0 Å². The van der Waals surface area contributed by atoms with Crippen molar-refractivity contribution in [3.63, 3.8) is 0 Å². The van der Waals surface area contributed by atoms with Crippen LogP contribution in [0.2, 0.25) is 5.02 Å². The van der Waals surface area contributed by atoms with Crippen molar-refractivity contribution in [1.29, 1.82) is 0 Å². The fourth-order valence-electron chi connectivity index (χ4n) is 2.25. The van der Waals surface area contributed by atoms with Gasteiger partial charge in [-0.1, -0.05) is 27.5 Å². The summed E-state index contributed by atoms with van der Waals surface area (Å²) < 4.78 is 6.53. The summed E-state index contributed by atoms with van der Waals surface area (Å²) in [6, 6.07) is 5.56. The Labute approximate surface area is 138 Å². The lowest BCUT2D eigenvalue weighted by atomic mass is 10.1. The molecule has 0 spiro atoms. The number of amides is 2. The molecule has 6 heteroatoms. The number of hydrogen-bond donors (Lipinski definition) is 1. The van der Waals surface area contributed by atoms with Gasteiger partial charge in [0.1, 0.15) is 5.75 Å². The van der Waals surface area contributed by atoms with Crippen LogP contribution in [0, 0.1) is 0 Å². The number of benzene rings is 1. The predicted octanol–water partition coefficient (Wildman–Crippen LogP) is 4.07. The lowest BCUT2D eigenvalue weighted by Gasteiger charge is -2.26. The predicted molar refractivity (Wildman–Crippen MR) is 88.1 cm³/mol. The summed E-state index contributed by atoms with van der Waals surface area (Å²) in [7, 11) is 0. The molecule has 1 N–H and O–H groups in total. The van der Waals surface area contributed by atoms with Gasteiger partial charge in [0, 0.05) is 24.1 Å². The minimum atomic E-state index is 0.0383. The molecule has 0 bridgehead atoms. The van der Waals surface area contributed by atoms with E-state index in [1.54, 1.807) is 6.07 Å². The van der Waals surface area contributed by atoms with E-state index < -0.39 is 0 Å². The Hall–Kier alpha value is -0.940. The van der Waals surface area contributed by atoms with Crippen molar-refractivity contribution >= 4 is 33.6 Å². The molecule has 0 aliphatic carbocycles. The van der Waals surface area contributed by atoms with Crippen molar-refractivity contribution in [3.8, 4) is 5.75 Å². The normalized spacial score (nSPS) is 14.9. The van der Waals surface area contributed by atoms with E-state index in [9.17, 15) is 4.79 Å². The number of rotatable bonds is 5. The highest BCUT2D eigenvalue weighted by molar-refractivity contribution is 9.10. The summed E-state index contributed by atoms with van der Waals surface area (Å²) >= 11 is 9.41. The number of nitrogens with one attached hydrogen (secondary N) is 1. The number of ether oxygens (including phenoxy) is 1. The Kier molecular flexibility index (Phi) is 6.64. The highest BCUT2D eigenvalue weighted by Gasteiger charge is 2.15. The third-order valence-corrected chi connectivity index (χ3v) is 4.18. The molecule has 116 valence electrons. The molecule has 1 fully saturated rings. The van der Waals surface area contributed by atoms with Crippen molar-refractivity contribution < 1.29 is 9.53 Å². The second-order valence-corrected chi connectivity index (χ2v) is 6.38. The number of nitrogens with zero attached hydrogens (tertiary/aromatic N) is 1. The van der Waals surface area contributed by atoms with Crippen molar-refractivity contribution in [3.05, 3.63) is 27.7 Å². The molecule has 4 nitrogen and oxygen atoms in total. The van der Waals surface area contributed by atoms with Crippen LogP contribution < -0.4 is 10.1 Å². The van der Waals surface area contributed by atoms with Crippen LogP contribution in [0.3, 0.4) is 0 Å². The summed E-state index contributed by atoms with van der Waals surface area (Å²) in [5, 5.41) is 3.51. The van der Waals surface area contributed by atoms with Gasteiger partial charge < -0.3 is 15.0 Å². The van der Waals surface area contributed by atoms with Gasteiger partial charge in [-0.3, -0.25) is 0 Å². The van der Waals surface area contributed by atoms with Crippen LogP contribution in [0.25, 0.3) is 0 Å². The average molecular weight is 376 g/mol. The van der Waals surface area contributed by atoms with Crippen LogP contribution in [0.4, 0.5) is 4.79 Å². The Balaban J connectivity index is 1.62. The maximum Gasteiger partial charge on any atom is 0.317 e. The number of hydrogen-bond acceptors (Lipinski definition) is 2. The van der Waals surface area contributed by atoms with Crippen LogP contribution in [-0.4, -0.2) is 37.2 Å². The molecule has 0 atom stereocenters. The monoisotopic (exact) mass is 374 g/mol. The minimum absolute atomic E-state index is 0.0383. The van der Waals surface area contributed by atoms with Gasteiger partial charge >= 0.3 is 6.03 Å². The lowest BCUT2D eigenvalue weighted by molar-refractivity contribution is 0.185. The van der Waals surface area contributed by atoms with Gasteiger partial charge in [-0.25, -0.2) is 4.79 Å². The zero-order chi connectivity index (χ0) is 15.1. The fourth-order valence-corrected chi connectivity index (χ4v) is 2.98. The molecule has 0 radical (unpaired) electrons. The van der Waals surface area contributed by atoms with Crippen molar-refractivity contribution in [2.75, 3.05) is 26.2 Å². The molecule has 21 heavy (non-hydrogen) atoms. The first kappa shape index (κ1) is 16.4. The highest BCUT2D eigenvalue weighted by atomic mass is 79.9. The van der Waals surface area contributed by atoms with E-state index in [2.05, 4.69) is 21.2 Å². The molecule has 0 unspecified atom stereocenters. The molecule has 1 aromatic carbocycles. The largest absolute Gasteiger partial charge is 0.492 e. The van der Waals surface area contributed by atoms with E-state index in [0.717, 1.165) is 36.8 Å². The first-order valence-electron chi connectivity index (χ1n) is 7.27. The van der Waals surface area contributed by atoms with Gasteiger partial charge in [0.25, 0.3) is 0 Å². The lowest BCUT2D eigenvalue weighted by Crippen LogP contribution is -2.43. The fraction of sp³-hybridized carbons (Fsp3) is 0.533. The van der Waals surface area contributed by atoms with E-state index in [1.165, 1.54) is 6.42 Å². The second kappa shape index (κ2) is 8.49. The molecule has 1 heterocycles. The molecule has 0 aromatic heterocycles. The maximum atomic E-state index is 11.9. The Morgan fingerprint density at radius 1 is 1.33 bits per heavy atom. The van der Waals surface area contributed by atoms with Gasteiger partial charge in [-0.2, -0.15) is 0 Å². The highest BCUT2D eigenvalue weighted by Crippen LogP contribution is 2.27. The topological polar surface area (TPSA) is 41.6 Å². The van der Waals surface area contributed by atoms with Crippen molar-refractivity contribution in [2.45, 2.75) is 25.7 Å². The summed E-state index contributed by atoms with van der Waals surface area (Å²) in [5.41, 5.74) is 0. The standard InChI is InChI=1S/C15H20BrClN2O2/c16-12-5-6-14(13(17)11-12)21-10-4-7-18-15(20)19-8-2-1-3-9-19/h5-6,11H,1-4,7-10H2,(H,18,20). The molecule has 1 aliphatic rings. The molecule has 2 amide bonds. The number of piperidine rings is 1. The molecular weight excluding hydrogens is 356 g/mol.